The van der Waals surface area contributed by atoms with Crippen LogP contribution in [0.4, 0.5) is 0 Å². The fourth-order valence-electron chi connectivity index (χ4n) is 3.18. The molecule has 4 nitrogen and oxygen atoms in total. The molecule has 0 aromatic heterocycles. The maximum Gasteiger partial charge on any atom is 0.227 e. The van der Waals surface area contributed by atoms with Crippen molar-refractivity contribution in [2.75, 3.05) is 39.3 Å². The van der Waals surface area contributed by atoms with Crippen molar-refractivity contribution in [3.63, 3.8) is 0 Å². The zero-order valence-electron chi connectivity index (χ0n) is 10.5. The maximum absolute atomic E-state index is 12.2. The van der Waals surface area contributed by atoms with E-state index in [0.717, 1.165) is 51.7 Å². The summed E-state index contributed by atoms with van der Waals surface area (Å²) in [5, 5.41) is 3.28. The minimum atomic E-state index is 0.255. The SMILES string of the molecule is O=C([C@@H]1CCNC1)N1CCN(C2CCC2)CC1. The van der Waals surface area contributed by atoms with Crippen LogP contribution in [-0.4, -0.2) is 61.0 Å². The molecule has 2 saturated heterocycles. The number of rotatable bonds is 2. The van der Waals surface area contributed by atoms with Crippen LogP contribution in [-0.2, 0) is 4.79 Å². The van der Waals surface area contributed by atoms with Crippen molar-refractivity contribution in [2.45, 2.75) is 31.7 Å². The van der Waals surface area contributed by atoms with Crippen molar-refractivity contribution in [1.82, 2.24) is 15.1 Å². The number of nitrogens with zero attached hydrogens (tertiary/aromatic N) is 2. The van der Waals surface area contributed by atoms with E-state index in [9.17, 15) is 4.79 Å². The summed E-state index contributed by atoms with van der Waals surface area (Å²) < 4.78 is 0. The summed E-state index contributed by atoms with van der Waals surface area (Å²) >= 11 is 0. The highest BCUT2D eigenvalue weighted by Gasteiger charge is 2.32. The molecule has 3 rings (SSSR count). The summed E-state index contributed by atoms with van der Waals surface area (Å²) in [6, 6.07) is 0.834. The third-order valence-electron chi connectivity index (χ3n) is 4.63. The molecule has 1 amide bonds. The lowest BCUT2D eigenvalue weighted by Crippen LogP contribution is -2.54. The topological polar surface area (TPSA) is 35.6 Å². The Kier molecular flexibility index (Phi) is 3.34. The van der Waals surface area contributed by atoms with Gasteiger partial charge in [0.15, 0.2) is 0 Å². The molecule has 3 fully saturated rings. The lowest BCUT2D eigenvalue weighted by atomic mass is 9.91. The Hall–Kier alpha value is -0.610. The Labute approximate surface area is 103 Å². The summed E-state index contributed by atoms with van der Waals surface area (Å²) in [4.78, 5) is 16.9. The zero-order valence-corrected chi connectivity index (χ0v) is 10.5. The molecule has 0 radical (unpaired) electrons. The molecule has 0 unspecified atom stereocenters. The van der Waals surface area contributed by atoms with Crippen LogP contribution >= 0.6 is 0 Å². The maximum atomic E-state index is 12.2. The van der Waals surface area contributed by atoms with Crippen molar-refractivity contribution < 1.29 is 4.79 Å². The molecule has 0 bridgehead atoms. The number of hydrogen-bond acceptors (Lipinski definition) is 3. The molecule has 4 heteroatoms. The van der Waals surface area contributed by atoms with Crippen molar-refractivity contribution in [3.8, 4) is 0 Å². The van der Waals surface area contributed by atoms with E-state index < -0.39 is 0 Å². The molecule has 2 heterocycles. The van der Waals surface area contributed by atoms with Crippen LogP contribution in [0.5, 0.6) is 0 Å². The predicted octanol–water partition coefficient (Wildman–Crippen LogP) is 0.293. The monoisotopic (exact) mass is 237 g/mol. The minimum Gasteiger partial charge on any atom is -0.340 e. The fraction of sp³-hybridized carbons (Fsp3) is 0.923. The molecule has 0 aromatic rings. The summed E-state index contributed by atoms with van der Waals surface area (Å²) in [6.07, 6.45) is 5.18. The van der Waals surface area contributed by atoms with Crippen LogP contribution in [0, 0.1) is 5.92 Å². The van der Waals surface area contributed by atoms with Gasteiger partial charge in [0.05, 0.1) is 5.92 Å². The first-order chi connectivity index (χ1) is 8.34. The van der Waals surface area contributed by atoms with Crippen LogP contribution in [0.1, 0.15) is 25.7 Å². The highest BCUT2D eigenvalue weighted by molar-refractivity contribution is 5.79. The van der Waals surface area contributed by atoms with E-state index in [1.54, 1.807) is 0 Å². The molecule has 1 N–H and O–H groups in total. The highest BCUT2D eigenvalue weighted by atomic mass is 16.2. The lowest BCUT2D eigenvalue weighted by molar-refractivity contribution is -0.137. The smallest absolute Gasteiger partial charge is 0.227 e. The number of nitrogens with one attached hydrogen (secondary N) is 1. The molecule has 3 aliphatic rings. The van der Waals surface area contributed by atoms with Crippen molar-refractivity contribution in [1.29, 1.82) is 0 Å². The van der Waals surface area contributed by atoms with Crippen LogP contribution in [0.3, 0.4) is 0 Å². The van der Waals surface area contributed by atoms with E-state index in [-0.39, 0.29) is 5.92 Å². The lowest BCUT2D eigenvalue weighted by Gasteiger charge is -2.43. The summed E-state index contributed by atoms with van der Waals surface area (Å²) in [5.74, 6) is 0.647. The first-order valence-electron chi connectivity index (χ1n) is 7.08. The summed E-state index contributed by atoms with van der Waals surface area (Å²) in [7, 11) is 0. The number of carbonyl (C=O) groups excluding carboxylic acids is 1. The fourth-order valence-corrected chi connectivity index (χ4v) is 3.18. The average molecular weight is 237 g/mol. The first kappa shape index (κ1) is 11.5. The van der Waals surface area contributed by atoms with Gasteiger partial charge in [0.2, 0.25) is 5.91 Å². The van der Waals surface area contributed by atoms with E-state index >= 15 is 0 Å². The second-order valence-corrected chi connectivity index (χ2v) is 5.64. The van der Waals surface area contributed by atoms with Gasteiger partial charge in [-0.25, -0.2) is 0 Å². The van der Waals surface area contributed by atoms with Gasteiger partial charge in [0, 0.05) is 38.8 Å². The van der Waals surface area contributed by atoms with E-state index in [4.69, 9.17) is 0 Å². The van der Waals surface area contributed by atoms with Gasteiger partial charge in [-0.3, -0.25) is 9.69 Å². The summed E-state index contributed by atoms with van der Waals surface area (Å²) in [5.41, 5.74) is 0. The molecule has 0 spiro atoms. The van der Waals surface area contributed by atoms with Crippen molar-refractivity contribution >= 4 is 5.91 Å². The molecule has 1 aliphatic carbocycles. The molecular weight excluding hydrogens is 214 g/mol. The average Bonchev–Trinajstić information content (AvgIpc) is 2.80. The second-order valence-electron chi connectivity index (χ2n) is 5.64. The van der Waals surface area contributed by atoms with Crippen molar-refractivity contribution in [2.24, 2.45) is 5.92 Å². The molecule has 0 aromatic carbocycles. The number of piperazine rings is 1. The Balaban J connectivity index is 1.48. The second kappa shape index (κ2) is 4.94. The van der Waals surface area contributed by atoms with Crippen LogP contribution in [0.25, 0.3) is 0 Å². The molecule has 2 aliphatic heterocycles. The van der Waals surface area contributed by atoms with Gasteiger partial charge in [0.25, 0.3) is 0 Å². The normalized spacial score (nSPS) is 31.5. The van der Waals surface area contributed by atoms with Gasteiger partial charge in [0.1, 0.15) is 0 Å². The Bertz CT molecular complexity index is 276. The summed E-state index contributed by atoms with van der Waals surface area (Å²) in [6.45, 7) is 5.99. The standard InChI is InChI=1S/C13H23N3O/c17-13(11-4-5-14-10-11)16-8-6-15(7-9-16)12-2-1-3-12/h11-12,14H,1-10H2/t11-/m1/s1. The van der Waals surface area contributed by atoms with Crippen molar-refractivity contribution in [3.05, 3.63) is 0 Å². The Morgan fingerprint density at radius 3 is 2.35 bits per heavy atom. The largest absolute Gasteiger partial charge is 0.340 e. The molecule has 17 heavy (non-hydrogen) atoms. The number of carbonyl (C=O) groups is 1. The van der Waals surface area contributed by atoms with Gasteiger partial charge in [-0.1, -0.05) is 6.42 Å². The third kappa shape index (κ3) is 2.33. The predicted molar refractivity (Wildman–Crippen MR) is 66.8 cm³/mol. The van der Waals surface area contributed by atoms with E-state index in [0.29, 0.717) is 5.91 Å². The van der Waals surface area contributed by atoms with Gasteiger partial charge in [-0.15, -0.1) is 0 Å². The highest BCUT2D eigenvalue weighted by Crippen LogP contribution is 2.25. The van der Waals surface area contributed by atoms with Gasteiger partial charge < -0.3 is 10.2 Å². The van der Waals surface area contributed by atoms with Gasteiger partial charge in [-0.05, 0) is 25.8 Å². The quantitative estimate of drug-likeness (QED) is 0.750. The van der Waals surface area contributed by atoms with Gasteiger partial charge in [-0.2, -0.15) is 0 Å². The molecule has 1 atom stereocenters. The van der Waals surface area contributed by atoms with Gasteiger partial charge >= 0.3 is 0 Å². The minimum absolute atomic E-state index is 0.255. The van der Waals surface area contributed by atoms with E-state index in [1.807, 2.05) is 0 Å². The van der Waals surface area contributed by atoms with Crippen LogP contribution < -0.4 is 5.32 Å². The molecule has 96 valence electrons. The third-order valence-corrected chi connectivity index (χ3v) is 4.63. The number of hydrogen-bond donors (Lipinski definition) is 1. The number of amides is 1. The Morgan fingerprint density at radius 1 is 1.06 bits per heavy atom. The van der Waals surface area contributed by atoms with Crippen LogP contribution in [0.2, 0.25) is 0 Å². The zero-order chi connectivity index (χ0) is 11.7. The molecular formula is C13H23N3O. The first-order valence-corrected chi connectivity index (χ1v) is 7.08. The van der Waals surface area contributed by atoms with Crippen LogP contribution in [0.15, 0.2) is 0 Å². The van der Waals surface area contributed by atoms with E-state index in [2.05, 4.69) is 15.1 Å². The molecule has 1 saturated carbocycles. The van der Waals surface area contributed by atoms with E-state index in [1.165, 1.54) is 19.3 Å². The Morgan fingerprint density at radius 2 is 1.82 bits per heavy atom.